The maximum atomic E-state index is 6.06. The largest absolute Gasteiger partial charge is 0.497 e. The molecule has 0 spiro atoms. The van der Waals surface area contributed by atoms with Gasteiger partial charge in [-0.25, -0.2) is 0 Å². The van der Waals surface area contributed by atoms with Crippen molar-refractivity contribution in [1.82, 2.24) is 14.9 Å². The molecule has 2 aliphatic rings. The molecule has 1 aliphatic carbocycles. The molecule has 37 heavy (non-hydrogen) atoms. The fraction of sp³-hybridized carbons (Fsp3) is 0.267. The van der Waals surface area contributed by atoms with Gasteiger partial charge in [-0.1, -0.05) is 18.9 Å². The molecule has 0 bridgehead atoms. The monoisotopic (exact) mass is 510 g/mol. The number of ether oxygens (including phenoxy) is 2. The highest BCUT2D eigenvalue weighted by molar-refractivity contribution is 7.80. The van der Waals surface area contributed by atoms with E-state index in [0.29, 0.717) is 11.2 Å². The van der Waals surface area contributed by atoms with E-state index < -0.39 is 0 Å². The first-order valence-electron chi connectivity index (χ1n) is 12.8. The summed E-state index contributed by atoms with van der Waals surface area (Å²) in [6, 6.07) is 26.6. The zero-order valence-corrected chi connectivity index (χ0v) is 21.6. The quantitative estimate of drug-likeness (QED) is 0.271. The molecule has 0 radical (unpaired) electrons. The van der Waals surface area contributed by atoms with Crippen molar-refractivity contribution >= 4 is 23.0 Å². The van der Waals surface area contributed by atoms with Crippen LogP contribution in [0.2, 0.25) is 0 Å². The Hall–Kier alpha value is -3.84. The standard InChI is InChI=1S/C30H30N4O2S/c1-35-23-15-17-25(18-16-23)36-24-13-11-22(12-14-24)34-29(27-10-6-20-33(27)21-7-2-3-8-21)28(32-30(34)37)26-9-4-5-19-31-26/h4-6,9-21,28-29H,2-3,7-8H2,1H3,(H,32,37)/t28-,29-/m1/s1. The number of thiocarbonyl (C=S) groups is 1. The van der Waals surface area contributed by atoms with E-state index in [1.807, 2.05) is 54.7 Å². The number of aromatic nitrogens is 2. The number of anilines is 1. The smallest absolute Gasteiger partial charge is 0.174 e. The molecule has 3 heterocycles. The minimum absolute atomic E-state index is 0.0219. The molecule has 7 heteroatoms. The van der Waals surface area contributed by atoms with E-state index >= 15 is 0 Å². The summed E-state index contributed by atoms with van der Waals surface area (Å²) < 4.78 is 13.8. The van der Waals surface area contributed by atoms with Crippen molar-refractivity contribution in [3.8, 4) is 17.2 Å². The summed E-state index contributed by atoms with van der Waals surface area (Å²) >= 11 is 5.92. The van der Waals surface area contributed by atoms with Crippen LogP contribution >= 0.6 is 12.2 Å². The van der Waals surface area contributed by atoms with Crippen LogP contribution in [0.1, 0.15) is 55.2 Å². The second kappa shape index (κ2) is 10.3. The number of benzene rings is 2. The predicted molar refractivity (Wildman–Crippen MR) is 149 cm³/mol. The number of hydrogen-bond acceptors (Lipinski definition) is 4. The Bertz CT molecular complexity index is 1350. The van der Waals surface area contributed by atoms with Crippen LogP contribution in [0.4, 0.5) is 5.69 Å². The summed E-state index contributed by atoms with van der Waals surface area (Å²) in [6.07, 6.45) is 9.09. The van der Waals surface area contributed by atoms with Crippen molar-refractivity contribution in [2.24, 2.45) is 0 Å². The molecule has 2 atom stereocenters. The normalized spacial score (nSPS) is 19.7. The van der Waals surface area contributed by atoms with Crippen LogP contribution in [0.5, 0.6) is 17.2 Å². The highest BCUT2D eigenvalue weighted by atomic mass is 32.1. The van der Waals surface area contributed by atoms with Crippen LogP contribution in [0.25, 0.3) is 0 Å². The lowest BCUT2D eigenvalue weighted by molar-refractivity contribution is 0.413. The molecule has 1 saturated heterocycles. The second-order valence-corrected chi connectivity index (χ2v) is 9.93. The molecule has 188 valence electrons. The number of nitrogens with one attached hydrogen (secondary N) is 1. The van der Waals surface area contributed by atoms with Gasteiger partial charge in [0.25, 0.3) is 0 Å². The van der Waals surface area contributed by atoms with Crippen molar-refractivity contribution in [1.29, 1.82) is 0 Å². The fourth-order valence-electron chi connectivity index (χ4n) is 5.56. The van der Waals surface area contributed by atoms with Crippen LogP contribution in [0.15, 0.2) is 91.3 Å². The summed E-state index contributed by atoms with van der Waals surface area (Å²) in [4.78, 5) is 6.93. The molecule has 1 N–H and O–H groups in total. The lowest BCUT2D eigenvalue weighted by Gasteiger charge is -2.30. The van der Waals surface area contributed by atoms with Crippen molar-refractivity contribution in [3.05, 3.63) is 103 Å². The van der Waals surface area contributed by atoms with Crippen LogP contribution < -0.4 is 19.7 Å². The minimum atomic E-state index is -0.0565. The van der Waals surface area contributed by atoms with Gasteiger partial charge in [-0.3, -0.25) is 4.98 Å². The maximum absolute atomic E-state index is 6.06. The third kappa shape index (κ3) is 4.67. The molecule has 0 unspecified atom stereocenters. The molecule has 2 aromatic heterocycles. The van der Waals surface area contributed by atoms with Crippen LogP contribution in [-0.4, -0.2) is 21.8 Å². The summed E-state index contributed by atoms with van der Waals surface area (Å²) in [6.45, 7) is 0. The lowest BCUT2D eigenvalue weighted by atomic mass is 10.00. The molecule has 2 aromatic carbocycles. The molecule has 6 rings (SSSR count). The first-order chi connectivity index (χ1) is 18.2. The van der Waals surface area contributed by atoms with E-state index in [0.717, 1.165) is 28.6 Å². The Morgan fingerprint density at radius 1 is 0.865 bits per heavy atom. The van der Waals surface area contributed by atoms with Gasteiger partial charge < -0.3 is 24.3 Å². The number of hydrogen-bond donors (Lipinski definition) is 1. The van der Waals surface area contributed by atoms with E-state index in [4.69, 9.17) is 26.7 Å². The average molecular weight is 511 g/mol. The topological polar surface area (TPSA) is 51.6 Å². The Kier molecular flexibility index (Phi) is 6.53. The number of methoxy groups -OCH3 is 1. The van der Waals surface area contributed by atoms with Crippen LogP contribution in [0, 0.1) is 0 Å². The molecule has 6 nitrogen and oxygen atoms in total. The lowest BCUT2D eigenvalue weighted by Crippen LogP contribution is -2.30. The molecule has 2 fully saturated rings. The van der Waals surface area contributed by atoms with Crippen molar-refractivity contribution in [2.75, 3.05) is 12.0 Å². The van der Waals surface area contributed by atoms with Gasteiger partial charge in [-0.2, -0.15) is 0 Å². The Morgan fingerprint density at radius 2 is 1.57 bits per heavy atom. The average Bonchev–Trinajstić information content (AvgIpc) is 3.70. The Balaban J connectivity index is 1.33. The fourth-order valence-corrected chi connectivity index (χ4v) is 5.91. The summed E-state index contributed by atoms with van der Waals surface area (Å²) in [7, 11) is 1.66. The van der Waals surface area contributed by atoms with Crippen molar-refractivity contribution in [2.45, 2.75) is 43.8 Å². The molecule has 0 amide bonds. The number of rotatable bonds is 7. The van der Waals surface area contributed by atoms with Gasteiger partial charge in [0, 0.05) is 29.8 Å². The van der Waals surface area contributed by atoms with Crippen LogP contribution in [-0.2, 0) is 0 Å². The highest BCUT2D eigenvalue weighted by Crippen LogP contribution is 2.44. The Labute approximate surface area is 222 Å². The number of pyridine rings is 1. The first kappa shape index (κ1) is 23.6. The molecule has 1 aliphatic heterocycles. The molecular formula is C30H30N4O2S. The molecule has 4 aromatic rings. The van der Waals surface area contributed by atoms with Crippen molar-refractivity contribution < 1.29 is 9.47 Å². The first-order valence-corrected chi connectivity index (χ1v) is 13.2. The van der Waals surface area contributed by atoms with Gasteiger partial charge in [0.05, 0.1) is 18.8 Å². The SMILES string of the molecule is COc1ccc(Oc2ccc(N3C(=S)N[C@H](c4ccccn4)[C@H]3c3cccn3C3CCCC3)cc2)cc1. The van der Waals surface area contributed by atoms with Gasteiger partial charge in [0.15, 0.2) is 5.11 Å². The van der Waals surface area contributed by atoms with Gasteiger partial charge in [-0.15, -0.1) is 0 Å². The summed E-state index contributed by atoms with van der Waals surface area (Å²) in [5.41, 5.74) is 3.26. The van der Waals surface area contributed by atoms with Gasteiger partial charge in [0.2, 0.25) is 0 Å². The van der Waals surface area contributed by atoms with Gasteiger partial charge in [0.1, 0.15) is 23.3 Å². The van der Waals surface area contributed by atoms with E-state index in [2.05, 4.69) is 51.3 Å². The molecular weight excluding hydrogens is 480 g/mol. The summed E-state index contributed by atoms with van der Waals surface area (Å²) in [5, 5.41) is 4.28. The summed E-state index contributed by atoms with van der Waals surface area (Å²) in [5.74, 6) is 2.32. The minimum Gasteiger partial charge on any atom is -0.497 e. The second-order valence-electron chi connectivity index (χ2n) is 9.55. The number of nitrogens with zero attached hydrogens (tertiary/aromatic N) is 3. The van der Waals surface area contributed by atoms with E-state index in [1.165, 1.54) is 31.4 Å². The highest BCUT2D eigenvalue weighted by Gasteiger charge is 2.42. The third-order valence-corrected chi connectivity index (χ3v) is 7.66. The zero-order valence-electron chi connectivity index (χ0n) is 20.8. The maximum Gasteiger partial charge on any atom is 0.174 e. The van der Waals surface area contributed by atoms with Gasteiger partial charge in [-0.05, 0) is 97.9 Å². The Morgan fingerprint density at radius 3 is 2.24 bits per heavy atom. The van der Waals surface area contributed by atoms with E-state index in [-0.39, 0.29) is 12.1 Å². The predicted octanol–water partition coefficient (Wildman–Crippen LogP) is 6.98. The van der Waals surface area contributed by atoms with Gasteiger partial charge >= 0.3 is 0 Å². The van der Waals surface area contributed by atoms with E-state index in [1.54, 1.807) is 7.11 Å². The van der Waals surface area contributed by atoms with E-state index in [9.17, 15) is 0 Å². The van der Waals surface area contributed by atoms with Crippen molar-refractivity contribution in [3.63, 3.8) is 0 Å². The zero-order chi connectivity index (χ0) is 25.2. The molecule has 1 saturated carbocycles. The van der Waals surface area contributed by atoms with Crippen LogP contribution in [0.3, 0.4) is 0 Å². The third-order valence-electron chi connectivity index (χ3n) is 7.34.